The molecule has 148 valence electrons. The zero-order chi connectivity index (χ0) is 20.3. The molecule has 0 bridgehead atoms. The number of halogens is 1. The molecule has 0 spiro atoms. The van der Waals surface area contributed by atoms with Crippen LogP contribution in [0.4, 0.5) is 0 Å². The number of methoxy groups -OCH3 is 2. The maximum Gasteiger partial charge on any atom is 0.230 e. The van der Waals surface area contributed by atoms with E-state index in [9.17, 15) is 4.79 Å². The number of fused-ring (bicyclic) bond motifs is 1. The Morgan fingerprint density at radius 1 is 1.25 bits per heavy atom. The van der Waals surface area contributed by atoms with E-state index in [2.05, 4.69) is 10.3 Å². The number of rotatable bonds is 7. The average Bonchev–Trinajstić information content (AvgIpc) is 3.00. The van der Waals surface area contributed by atoms with Crippen LogP contribution in [0, 0.1) is 0 Å². The summed E-state index contributed by atoms with van der Waals surface area (Å²) in [6.45, 7) is 1.91. The van der Waals surface area contributed by atoms with E-state index in [1.807, 2.05) is 54.9 Å². The molecule has 0 aliphatic carbocycles. The summed E-state index contributed by atoms with van der Waals surface area (Å²) in [4.78, 5) is 17.0. The highest BCUT2D eigenvalue weighted by atomic mass is 35.5. The molecule has 0 saturated carbocycles. The van der Waals surface area contributed by atoms with Gasteiger partial charge in [0.15, 0.2) is 5.16 Å². The molecule has 1 atom stereocenters. The number of aryl methyl sites for hydroxylation is 1. The smallest absolute Gasteiger partial charge is 0.230 e. The Kier molecular flexibility index (Phi) is 6.36. The highest BCUT2D eigenvalue weighted by Gasteiger charge is 2.17. The second-order valence-corrected chi connectivity index (χ2v) is 7.65. The van der Waals surface area contributed by atoms with Crippen LogP contribution in [0.1, 0.15) is 18.5 Å². The van der Waals surface area contributed by atoms with Crippen LogP contribution in [0.3, 0.4) is 0 Å². The van der Waals surface area contributed by atoms with Gasteiger partial charge in [0.1, 0.15) is 11.5 Å². The first-order chi connectivity index (χ1) is 13.4. The zero-order valence-corrected chi connectivity index (χ0v) is 17.7. The number of benzene rings is 2. The fourth-order valence-electron chi connectivity index (χ4n) is 2.95. The van der Waals surface area contributed by atoms with E-state index < -0.39 is 0 Å². The third kappa shape index (κ3) is 4.36. The van der Waals surface area contributed by atoms with Crippen molar-refractivity contribution in [3.63, 3.8) is 0 Å². The summed E-state index contributed by atoms with van der Waals surface area (Å²) in [7, 11) is 5.14. The molecule has 0 aliphatic rings. The number of aromatic nitrogens is 2. The van der Waals surface area contributed by atoms with Gasteiger partial charge in [0.05, 0.1) is 37.0 Å². The third-order valence-corrected chi connectivity index (χ3v) is 5.68. The lowest BCUT2D eigenvalue weighted by Crippen LogP contribution is -2.28. The molecule has 8 heteroatoms. The van der Waals surface area contributed by atoms with E-state index in [0.717, 1.165) is 21.8 Å². The first-order valence-corrected chi connectivity index (χ1v) is 10.1. The lowest BCUT2D eigenvalue weighted by molar-refractivity contribution is -0.119. The van der Waals surface area contributed by atoms with Gasteiger partial charge in [0.2, 0.25) is 5.91 Å². The van der Waals surface area contributed by atoms with Crippen LogP contribution in [-0.4, -0.2) is 35.4 Å². The van der Waals surface area contributed by atoms with Crippen molar-refractivity contribution in [1.29, 1.82) is 0 Å². The van der Waals surface area contributed by atoms with Crippen molar-refractivity contribution in [1.82, 2.24) is 14.9 Å². The number of carbonyl (C=O) groups excluding carboxylic acids is 1. The van der Waals surface area contributed by atoms with E-state index in [1.54, 1.807) is 14.2 Å². The maximum atomic E-state index is 12.5. The molecule has 0 aliphatic heterocycles. The van der Waals surface area contributed by atoms with E-state index in [4.69, 9.17) is 21.1 Å². The van der Waals surface area contributed by atoms with Crippen molar-refractivity contribution in [2.24, 2.45) is 7.05 Å². The lowest BCUT2D eigenvalue weighted by atomic mass is 10.1. The molecular weight excluding hydrogens is 398 g/mol. The van der Waals surface area contributed by atoms with Crippen molar-refractivity contribution in [2.45, 2.75) is 18.1 Å². The summed E-state index contributed by atoms with van der Waals surface area (Å²) in [6.07, 6.45) is 0. The Morgan fingerprint density at radius 3 is 2.75 bits per heavy atom. The van der Waals surface area contributed by atoms with Gasteiger partial charge in [0.25, 0.3) is 0 Å². The average molecular weight is 420 g/mol. The van der Waals surface area contributed by atoms with Crippen LogP contribution in [0.2, 0.25) is 5.02 Å². The number of amides is 1. The van der Waals surface area contributed by atoms with Crippen molar-refractivity contribution in [2.75, 3.05) is 20.0 Å². The molecule has 6 nitrogen and oxygen atoms in total. The van der Waals surface area contributed by atoms with Crippen LogP contribution in [-0.2, 0) is 11.8 Å². The molecule has 1 aromatic heterocycles. The molecule has 1 amide bonds. The van der Waals surface area contributed by atoms with Gasteiger partial charge in [-0.3, -0.25) is 4.79 Å². The number of hydrogen-bond donors (Lipinski definition) is 1. The summed E-state index contributed by atoms with van der Waals surface area (Å²) in [5.41, 5.74) is 2.65. The Hall–Kier alpha value is -2.38. The van der Waals surface area contributed by atoms with Gasteiger partial charge in [-0.25, -0.2) is 4.98 Å². The topological polar surface area (TPSA) is 65.4 Å². The Labute approximate surface area is 173 Å². The van der Waals surface area contributed by atoms with Gasteiger partial charge < -0.3 is 19.4 Å². The molecule has 1 heterocycles. The fourth-order valence-corrected chi connectivity index (χ4v) is 3.91. The van der Waals surface area contributed by atoms with Crippen LogP contribution in [0.5, 0.6) is 11.5 Å². The Morgan fingerprint density at radius 2 is 2.04 bits per heavy atom. The molecule has 2 aromatic carbocycles. The molecule has 3 aromatic rings. The number of imidazole rings is 1. The molecule has 1 unspecified atom stereocenters. The molecule has 28 heavy (non-hydrogen) atoms. The van der Waals surface area contributed by atoms with Crippen molar-refractivity contribution in [3.05, 3.63) is 47.0 Å². The number of nitrogens with one attached hydrogen (secondary N) is 1. The standard InChI is InChI=1S/C20H22ClN3O3S/c1-12(15-10-14(26-3)6-8-18(15)27-4)22-19(25)11-28-20-23-16-9-13(21)5-7-17(16)24(20)2/h5-10,12H,11H2,1-4H3,(H,22,25). The summed E-state index contributed by atoms with van der Waals surface area (Å²) >= 11 is 7.41. The lowest BCUT2D eigenvalue weighted by Gasteiger charge is -2.18. The van der Waals surface area contributed by atoms with Crippen LogP contribution in [0.15, 0.2) is 41.6 Å². The van der Waals surface area contributed by atoms with Gasteiger partial charge in [-0.1, -0.05) is 23.4 Å². The van der Waals surface area contributed by atoms with E-state index in [-0.39, 0.29) is 17.7 Å². The van der Waals surface area contributed by atoms with E-state index in [0.29, 0.717) is 16.5 Å². The minimum absolute atomic E-state index is 0.0903. The maximum absolute atomic E-state index is 12.5. The molecule has 3 rings (SSSR count). The number of carbonyl (C=O) groups is 1. The number of thioether (sulfide) groups is 1. The number of hydrogen-bond acceptors (Lipinski definition) is 5. The number of ether oxygens (including phenoxy) is 2. The van der Waals surface area contributed by atoms with Crippen LogP contribution >= 0.6 is 23.4 Å². The third-order valence-electron chi connectivity index (χ3n) is 4.42. The van der Waals surface area contributed by atoms with Gasteiger partial charge >= 0.3 is 0 Å². The first-order valence-electron chi connectivity index (χ1n) is 8.69. The second-order valence-electron chi connectivity index (χ2n) is 6.27. The molecule has 1 N–H and O–H groups in total. The summed E-state index contributed by atoms with van der Waals surface area (Å²) in [5, 5.41) is 4.40. The highest BCUT2D eigenvalue weighted by molar-refractivity contribution is 7.99. The minimum atomic E-state index is -0.225. The van der Waals surface area contributed by atoms with Gasteiger partial charge in [-0.05, 0) is 43.3 Å². The largest absolute Gasteiger partial charge is 0.497 e. The quantitative estimate of drug-likeness (QED) is 0.581. The minimum Gasteiger partial charge on any atom is -0.497 e. The number of nitrogens with zero attached hydrogens (tertiary/aromatic N) is 2. The molecular formula is C20H22ClN3O3S. The van der Waals surface area contributed by atoms with Gasteiger partial charge in [-0.2, -0.15) is 0 Å². The van der Waals surface area contributed by atoms with E-state index in [1.165, 1.54) is 11.8 Å². The Balaban J connectivity index is 1.67. The van der Waals surface area contributed by atoms with Crippen LogP contribution in [0.25, 0.3) is 11.0 Å². The second kappa shape index (κ2) is 8.75. The monoisotopic (exact) mass is 419 g/mol. The summed E-state index contributed by atoms with van der Waals surface area (Å²) < 4.78 is 12.6. The summed E-state index contributed by atoms with van der Waals surface area (Å²) in [6, 6.07) is 10.9. The predicted octanol–water partition coefficient (Wildman–Crippen LogP) is 4.21. The predicted molar refractivity (Wildman–Crippen MR) is 113 cm³/mol. The Bertz CT molecular complexity index is 1010. The molecule has 0 saturated heterocycles. The van der Waals surface area contributed by atoms with Gasteiger partial charge in [0, 0.05) is 17.6 Å². The van der Waals surface area contributed by atoms with E-state index >= 15 is 0 Å². The zero-order valence-electron chi connectivity index (χ0n) is 16.2. The van der Waals surface area contributed by atoms with Crippen molar-refractivity contribution >= 4 is 40.3 Å². The molecule has 0 radical (unpaired) electrons. The highest BCUT2D eigenvalue weighted by Crippen LogP contribution is 2.29. The van der Waals surface area contributed by atoms with Crippen molar-refractivity contribution in [3.8, 4) is 11.5 Å². The van der Waals surface area contributed by atoms with Gasteiger partial charge in [-0.15, -0.1) is 0 Å². The molecule has 0 fully saturated rings. The first kappa shape index (κ1) is 20.4. The SMILES string of the molecule is COc1ccc(OC)c(C(C)NC(=O)CSc2nc3cc(Cl)ccc3n2C)c1. The fraction of sp³-hybridized carbons (Fsp3) is 0.300. The van der Waals surface area contributed by atoms with Crippen LogP contribution < -0.4 is 14.8 Å². The van der Waals surface area contributed by atoms with Crippen molar-refractivity contribution < 1.29 is 14.3 Å². The normalized spacial score (nSPS) is 12.0. The summed E-state index contributed by atoms with van der Waals surface area (Å²) in [5.74, 6) is 1.58.